The third-order valence-electron chi connectivity index (χ3n) is 5.94. The van der Waals surface area contributed by atoms with E-state index in [4.69, 9.17) is 0 Å². The number of amides is 1. The van der Waals surface area contributed by atoms with Crippen molar-refractivity contribution in [3.8, 4) is 5.13 Å². The molecule has 1 amide bonds. The molecule has 7 nitrogen and oxygen atoms in total. The van der Waals surface area contributed by atoms with Crippen LogP contribution >= 0.6 is 11.3 Å². The van der Waals surface area contributed by atoms with Gasteiger partial charge in [-0.2, -0.15) is 0 Å². The van der Waals surface area contributed by atoms with E-state index in [-0.39, 0.29) is 11.8 Å². The van der Waals surface area contributed by atoms with E-state index in [2.05, 4.69) is 63.4 Å². The lowest BCUT2D eigenvalue weighted by Crippen LogP contribution is -2.43. The van der Waals surface area contributed by atoms with Gasteiger partial charge < -0.3 is 15.1 Å². The quantitative estimate of drug-likeness (QED) is 0.499. The number of aryl methyl sites for hydroxylation is 1. The van der Waals surface area contributed by atoms with Gasteiger partial charge in [0, 0.05) is 50.8 Å². The highest BCUT2D eigenvalue weighted by Gasteiger charge is 2.27. The summed E-state index contributed by atoms with van der Waals surface area (Å²) >= 11 is 1.57. The molecule has 1 aliphatic rings. The minimum Gasteiger partial charge on any atom is -0.372 e. The van der Waals surface area contributed by atoms with E-state index < -0.39 is 0 Å². The third-order valence-corrected chi connectivity index (χ3v) is 6.94. The van der Waals surface area contributed by atoms with Gasteiger partial charge in [-0.3, -0.25) is 9.36 Å². The van der Waals surface area contributed by atoms with Crippen LogP contribution in [0.3, 0.4) is 0 Å². The second-order valence-electron chi connectivity index (χ2n) is 8.31. The van der Waals surface area contributed by atoms with Crippen LogP contribution in [-0.2, 0) is 4.79 Å². The standard InChI is InChI=1S/C24H32N6OS/c1-3-28(21-11-6-9-19(2)17-21)16-8-12-25-22(31)20-10-7-15-30(18-20)24-27-26-23(32-24)29-13-4-5-14-29/h4-6,9,11,13-14,17,20H,3,7-8,10,12,15-16,18H2,1-2H3,(H,25,31). The number of anilines is 2. The second-order valence-corrected chi connectivity index (χ2v) is 9.24. The highest BCUT2D eigenvalue weighted by Crippen LogP contribution is 2.28. The van der Waals surface area contributed by atoms with Crippen molar-refractivity contribution in [3.63, 3.8) is 0 Å². The first-order chi connectivity index (χ1) is 15.6. The van der Waals surface area contributed by atoms with Crippen LogP contribution in [0.2, 0.25) is 0 Å². The van der Waals surface area contributed by atoms with Crippen LogP contribution in [0.1, 0.15) is 31.7 Å². The van der Waals surface area contributed by atoms with E-state index in [9.17, 15) is 4.79 Å². The summed E-state index contributed by atoms with van der Waals surface area (Å²) in [4.78, 5) is 17.4. The lowest BCUT2D eigenvalue weighted by molar-refractivity contribution is -0.125. The molecular formula is C24H32N6OS. The maximum absolute atomic E-state index is 12.8. The van der Waals surface area contributed by atoms with Gasteiger partial charge in [-0.1, -0.05) is 23.5 Å². The minimum atomic E-state index is 0.00160. The van der Waals surface area contributed by atoms with Crippen LogP contribution in [0.5, 0.6) is 0 Å². The lowest BCUT2D eigenvalue weighted by Gasteiger charge is -2.31. The molecule has 170 valence electrons. The average Bonchev–Trinajstić information content (AvgIpc) is 3.51. The van der Waals surface area contributed by atoms with Crippen molar-refractivity contribution in [2.75, 3.05) is 42.5 Å². The zero-order valence-corrected chi connectivity index (χ0v) is 19.7. The van der Waals surface area contributed by atoms with Crippen LogP contribution < -0.4 is 15.1 Å². The molecule has 1 N–H and O–H groups in total. The number of carbonyl (C=O) groups excluding carboxylic acids is 1. The van der Waals surface area contributed by atoms with Crippen molar-refractivity contribution in [3.05, 3.63) is 54.4 Å². The Morgan fingerprint density at radius 3 is 2.81 bits per heavy atom. The van der Waals surface area contributed by atoms with E-state index >= 15 is 0 Å². The predicted octanol–water partition coefficient (Wildman–Crippen LogP) is 3.89. The molecule has 1 unspecified atom stereocenters. The Labute approximate surface area is 194 Å². The van der Waals surface area contributed by atoms with Crippen LogP contribution in [0, 0.1) is 12.8 Å². The van der Waals surface area contributed by atoms with Crippen LogP contribution in [0.4, 0.5) is 10.8 Å². The molecule has 0 spiro atoms. The molecule has 0 radical (unpaired) electrons. The zero-order chi connectivity index (χ0) is 22.3. The van der Waals surface area contributed by atoms with Gasteiger partial charge in [0.15, 0.2) is 0 Å². The molecule has 8 heteroatoms. The van der Waals surface area contributed by atoms with Crippen molar-refractivity contribution in [2.24, 2.45) is 5.92 Å². The SMILES string of the molecule is CCN(CCCNC(=O)C1CCCN(c2nnc(-n3cccc3)s2)C1)c1cccc(C)c1. The normalized spacial score (nSPS) is 16.2. The summed E-state index contributed by atoms with van der Waals surface area (Å²) in [5.41, 5.74) is 2.52. The molecule has 0 bridgehead atoms. The number of piperidine rings is 1. The number of rotatable bonds is 9. The van der Waals surface area contributed by atoms with Crippen LogP contribution in [0.15, 0.2) is 48.8 Å². The van der Waals surface area contributed by atoms with Crippen molar-refractivity contribution >= 4 is 28.1 Å². The fourth-order valence-electron chi connectivity index (χ4n) is 4.19. The molecule has 1 fully saturated rings. The van der Waals surface area contributed by atoms with Crippen LogP contribution in [0.25, 0.3) is 5.13 Å². The Hall–Kier alpha value is -2.87. The number of nitrogens with one attached hydrogen (secondary N) is 1. The Kier molecular flexibility index (Phi) is 7.42. The monoisotopic (exact) mass is 452 g/mol. The zero-order valence-electron chi connectivity index (χ0n) is 18.9. The first kappa shape index (κ1) is 22.3. The first-order valence-electron chi connectivity index (χ1n) is 11.4. The molecule has 4 rings (SSSR count). The Bertz CT molecular complexity index is 1000. The average molecular weight is 453 g/mol. The highest BCUT2D eigenvalue weighted by atomic mass is 32.1. The molecule has 3 aromatic rings. The Morgan fingerprint density at radius 2 is 2.03 bits per heavy atom. The number of nitrogens with zero attached hydrogens (tertiary/aromatic N) is 5. The molecule has 0 aliphatic carbocycles. The first-order valence-corrected chi connectivity index (χ1v) is 12.3. The van der Waals surface area contributed by atoms with Crippen LogP contribution in [-0.4, -0.2) is 53.4 Å². The summed E-state index contributed by atoms with van der Waals surface area (Å²) in [6.45, 7) is 8.52. The van der Waals surface area contributed by atoms with Crippen molar-refractivity contribution in [1.29, 1.82) is 0 Å². The topological polar surface area (TPSA) is 66.3 Å². The molecule has 32 heavy (non-hydrogen) atoms. The second kappa shape index (κ2) is 10.6. The summed E-state index contributed by atoms with van der Waals surface area (Å²) in [6, 6.07) is 12.5. The van der Waals surface area contributed by atoms with Gasteiger partial charge in [-0.05, 0) is 62.9 Å². The van der Waals surface area contributed by atoms with Gasteiger partial charge in [0.05, 0.1) is 5.92 Å². The van der Waals surface area contributed by atoms with Gasteiger partial charge in [0.2, 0.25) is 16.2 Å². The predicted molar refractivity (Wildman–Crippen MR) is 131 cm³/mol. The van der Waals surface area contributed by atoms with E-state index in [1.54, 1.807) is 11.3 Å². The number of aromatic nitrogens is 3. The molecule has 0 saturated carbocycles. The van der Waals surface area contributed by atoms with Gasteiger partial charge in [0.25, 0.3) is 0 Å². The molecule has 1 aliphatic heterocycles. The summed E-state index contributed by atoms with van der Waals surface area (Å²) < 4.78 is 1.96. The largest absolute Gasteiger partial charge is 0.372 e. The molecule has 2 aromatic heterocycles. The summed E-state index contributed by atoms with van der Waals surface area (Å²) in [7, 11) is 0. The summed E-state index contributed by atoms with van der Waals surface area (Å²) in [6.07, 6.45) is 6.79. The number of benzene rings is 1. The third kappa shape index (κ3) is 5.48. The molecule has 1 saturated heterocycles. The fourth-order valence-corrected chi connectivity index (χ4v) is 5.04. The van der Waals surface area contributed by atoms with E-state index in [1.807, 2.05) is 29.1 Å². The Balaban J connectivity index is 1.25. The molecule has 3 heterocycles. The van der Waals surface area contributed by atoms with Crippen molar-refractivity contribution in [1.82, 2.24) is 20.1 Å². The molecule has 1 atom stereocenters. The van der Waals surface area contributed by atoms with Gasteiger partial charge >= 0.3 is 0 Å². The van der Waals surface area contributed by atoms with Crippen molar-refractivity contribution < 1.29 is 4.79 Å². The maximum atomic E-state index is 12.8. The van der Waals surface area contributed by atoms with E-state index in [0.717, 1.165) is 49.2 Å². The smallest absolute Gasteiger partial charge is 0.224 e. The minimum absolute atomic E-state index is 0.00160. The summed E-state index contributed by atoms with van der Waals surface area (Å²) in [5.74, 6) is 0.158. The lowest BCUT2D eigenvalue weighted by atomic mass is 9.97. The molecule has 1 aromatic carbocycles. The maximum Gasteiger partial charge on any atom is 0.224 e. The summed E-state index contributed by atoms with van der Waals surface area (Å²) in [5, 5.41) is 13.6. The number of hydrogen-bond donors (Lipinski definition) is 1. The van der Waals surface area contributed by atoms with Crippen molar-refractivity contribution in [2.45, 2.75) is 33.1 Å². The van der Waals surface area contributed by atoms with Gasteiger partial charge in [-0.25, -0.2) is 0 Å². The Morgan fingerprint density at radius 1 is 1.22 bits per heavy atom. The van der Waals surface area contributed by atoms with Gasteiger partial charge in [0.1, 0.15) is 0 Å². The molecular weight excluding hydrogens is 420 g/mol. The van der Waals surface area contributed by atoms with E-state index in [1.165, 1.54) is 11.3 Å². The number of carbonyl (C=O) groups is 1. The van der Waals surface area contributed by atoms with E-state index in [0.29, 0.717) is 13.1 Å². The fraction of sp³-hybridized carbons (Fsp3) is 0.458. The highest BCUT2D eigenvalue weighted by molar-refractivity contribution is 7.17. The number of hydrogen-bond acceptors (Lipinski definition) is 6. The van der Waals surface area contributed by atoms with Gasteiger partial charge in [-0.15, -0.1) is 10.2 Å².